The molecular weight excluding hydrogens is 925 g/mol. The number of anilines is 6. The Kier molecular flexibility index (Phi) is 10.3. The Morgan fingerprint density at radius 3 is 0.987 bits per heavy atom. The van der Waals surface area contributed by atoms with Crippen molar-refractivity contribution in [3.63, 3.8) is 0 Å². The standard InChI is InChI=1S/C72H56N2O2/c1-71(2,3)59-25-13-21-53-55-23-15-27-63(69(55)75-67(53)59)73(51-37-29-47(30-38-51)45-17-9-7-10-18-45)61-43-35-49-34-42-58-62(44-36-50-33-41-57(61)65(49)66(50)58)74(52-39-31-48(32-40-52)46-19-11-8-12-20-46)64-28-16-24-56-54-22-14-26-60(72(4,5)6)68(54)76-70(56)64/h7-44H,1-6H3. The third-order valence-corrected chi connectivity index (χ3v) is 15.7. The normalized spacial score (nSPS) is 12.3. The zero-order valence-corrected chi connectivity index (χ0v) is 43.7. The van der Waals surface area contributed by atoms with Gasteiger partial charge in [0.05, 0.1) is 22.7 Å². The van der Waals surface area contributed by atoms with Gasteiger partial charge in [-0.25, -0.2) is 0 Å². The van der Waals surface area contributed by atoms with Gasteiger partial charge in [-0.1, -0.05) is 224 Å². The molecule has 0 spiro atoms. The average Bonchev–Trinajstić information content (AvgIpc) is 4.10. The molecule has 14 aromatic rings. The Labute approximate surface area is 443 Å². The van der Waals surface area contributed by atoms with Crippen molar-refractivity contribution in [2.45, 2.75) is 52.4 Å². The van der Waals surface area contributed by atoms with Crippen LogP contribution < -0.4 is 9.80 Å². The largest absolute Gasteiger partial charge is 0.454 e. The van der Waals surface area contributed by atoms with Crippen molar-refractivity contribution in [3.8, 4) is 22.3 Å². The maximum atomic E-state index is 7.16. The van der Waals surface area contributed by atoms with Gasteiger partial charge in [0.2, 0.25) is 0 Å². The topological polar surface area (TPSA) is 32.8 Å². The highest BCUT2D eigenvalue weighted by molar-refractivity contribution is 6.29. The van der Waals surface area contributed by atoms with Crippen LogP contribution in [0.25, 0.3) is 98.4 Å². The molecule has 0 aliphatic heterocycles. The Bertz CT molecular complexity index is 4220. The van der Waals surface area contributed by atoms with E-state index in [2.05, 4.69) is 282 Å². The van der Waals surface area contributed by atoms with Gasteiger partial charge in [0, 0.05) is 54.8 Å². The molecule has 12 aromatic carbocycles. The van der Waals surface area contributed by atoms with Crippen LogP contribution in [0.4, 0.5) is 34.1 Å². The lowest BCUT2D eigenvalue weighted by atomic mass is 9.86. The fourth-order valence-electron chi connectivity index (χ4n) is 12.0. The molecule has 0 atom stereocenters. The molecule has 0 amide bonds. The van der Waals surface area contributed by atoms with Crippen molar-refractivity contribution >= 4 is 110 Å². The van der Waals surface area contributed by atoms with Crippen LogP contribution in [0.2, 0.25) is 0 Å². The number of nitrogens with zero attached hydrogens (tertiary/aromatic N) is 2. The first-order chi connectivity index (χ1) is 37.0. The number of hydrogen-bond donors (Lipinski definition) is 0. The van der Waals surface area contributed by atoms with E-state index < -0.39 is 0 Å². The van der Waals surface area contributed by atoms with Crippen LogP contribution in [0.15, 0.2) is 239 Å². The Morgan fingerprint density at radius 1 is 0.263 bits per heavy atom. The molecule has 14 rings (SSSR count). The molecular formula is C72H56N2O2. The maximum Gasteiger partial charge on any atom is 0.159 e. The predicted molar refractivity (Wildman–Crippen MR) is 322 cm³/mol. The first-order valence-corrected chi connectivity index (χ1v) is 26.5. The summed E-state index contributed by atoms with van der Waals surface area (Å²) in [6.07, 6.45) is 0. The summed E-state index contributed by atoms with van der Waals surface area (Å²) < 4.78 is 14.3. The molecule has 0 bridgehead atoms. The number of furan rings is 2. The second-order valence-electron chi connectivity index (χ2n) is 22.5. The van der Waals surface area contributed by atoms with Crippen LogP contribution >= 0.6 is 0 Å². The smallest absolute Gasteiger partial charge is 0.159 e. The van der Waals surface area contributed by atoms with Gasteiger partial charge in [0.15, 0.2) is 11.2 Å². The van der Waals surface area contributed by atoms with E-state index >= 15 is 0 Å². The van der Waals surface area contributed by atoms with Crippen LogP contribution in [0.5, 0.6) is 0 Å². The highest BCUT2D eigenvalue weighted by Gasteiger charge is 2.28. The van der Waals surface area contributed by atoms with Gasteiger partial charge < -0.3 is 18.6 Å². The lowest BCUT2D eigenvalue weighted by Gasteiger charge is -2.29. The molecule has 4 heteroatoms. The summed E-state index contributed by atoms with van der Waals surface area (Å²) in [6.45, 7) is 13.6. The Hall–Kier alpha value is -9.12. The summed E-state index contributed by atoms with van der Waals surface area (Å²) in [5.74, 6) is 0. The lowest BCUT2D eigenvalue weighted by molar-refractivity contribution is 0.572. The highest BCUT2D eigenvalue weighted by Crippen LogP contribution is 2.51. The van der Waals surface area contributed by atoms with E-state index in [-0.39, 0.29) is 10.8 Å². The van der Waals surface area contributed by atoms with E-state index in [0.717, 1.165) is 99.9 Å². The van der Waals surface area contributed by atoms with Gasteiger partial charge >= 0.3 is 0 Å². The highest BCUT2D eigenvalue weighted by atomic mass is 16.3. The quantitative estimate of drug-likeness (QED) is 0.142. The number of para-hydroxylation sites is 4. The molecule has 0 unspecified atom stereocenters. The average molecular weight is 981 g/mol. The summed E-state index contributed by atoms with van der Waals surface area (Å²) in [7, 11) is 0. The number of rotatable bonds is 8. The van der Waals surface area contributed by atoms with Crippen molar-refractivity contribution in [1.82, 2.24) is 0 Å². The molecule has 0 fully saturated rings. The van der Waals surface area contributed by atoms with Gasteiger partial charge in [0.1, 0.15) is 11.2 Å². The molecule has 4 nitrogen and oxygen atoms in total. The third kappa shape index (κ3) is 7.27. The van der Waals surface area contributed by atoms with Gasteiger partial charge in [0.25, 0.3) is 0 Å². The van der Waals surface area contributed by atoms with Crippen molar-refractivity contribution in [2.75, 3.05) is 9.80 Å². The minimum absolute atomic E-state index is 0.110. The molecule has 366 valence electrons. The number of hydrogen-bond acceptors (Lipinski definition) is 4. The SMILES string of the molecule is CC(C)(C)c1cccc2c1oc1c(N(c3ccc(-c4ccccc4)cc3)c3ccc4ccc5c(N(c6ccc(-c7ccccc7)cc6)c6cccc7c6oc6c(C(C)(C)C)cccc67)ccc6ccc3c4c65)cccc12. The lowest BCUT2D eigenvalue weighted by Crippen LogP contribution is -2.12. The molecule has 0 aliphatic carbocycles. The third-order valence-electron chi connectivity index (χ3n) is 15.7. The second kappa shape index (κ2) is 17.2. The minimum atomic E-state index is -0.110. The fourth-order valence-corrected chi connectivity index (χ4v) is 12.0. The number of benzene rings is 12. The van der Waals surface area contributed by atoms with E-state index in [1.54, 1.807) is 0 Å². The Morgan fingerprint density at radius 2 is 0.605 bits per heavy atom. The number of fused-ring (bicyclic) bond motifs is 6. The van der Waals surface area contributed by atoms with Gasteiger partial charge in [-0.2, -0.15) is 0 Å². The zero-order chi connectivity index (χ0) is 51.5. The molecule has 2 aromatic heterocycles. The van der Waals surface area contributed by atoms with E-state index in [1.165, 1.54) is 43.8 Å². The molecule has 0 saturated carbocycles. The Balaban J connectivity index is 1.01. The minimum Gasteiger partial charge on any atom is -0.454 e. The zero-order valence-electron chi connectivity index (χ0n) is 43.7. The van der Waals surface area contributed by atoms with E-state index in [0.29, 0.717) is 0 Å². The van der Waals surface area contributed by atoms with Crippen LogP contribution in [-0.2, 0) is 10.8 Å². The maximum absolute atomic E-state index is 7.16. The van der Waals surface area contributed by atoms with E-state index in [1.807, 2.05) is 0 Å². The van der Waals surface area contributed by atoms with Gasteiger partial charge in [-0.05, 0) is 103 Å². The molecule has 0 radical (unpaired) electrons. The summed E-state index contributed by atoms with van der Waals surface area (Å²) in [5, 5.41) is 11.5. The van der Waals surface area contributed by atoms with E-state index in [9.17, 15) is 0 Å². The van der Waals surface area contributed by atoms with Crippen molar-refractivity contribution in [3.05, 3.63) is 242 Å². The summed E-state index contributed by atoms with van der Waals surface area (Å²) >= 11 is 0. The molecule has 2 heterocycles. The van der Waals surface area contributed by atoms with Crippen molar-refractivity contribution < 1.29 is 8.83 Å². The monoisotopic (exact) mass is 980 g/mol. The second-order valence-corrected chi connectivity index (χ2v) is 22.5. The summed E-state index contributed by atoms with van der Waals surface area (Å²) in [6, 6.07) is 84.0. The van der Waals surface area contributed by atoms with Crippen LogP contribution in [0, 0.1) is 0 Å². The first-order valence-electron chi connectivity index (χ1n) is 26.5. The van der Waals surface area contributed by atoms with Gasteiger partial charge in [-0.3, -0.25) is 0 Å². The molecule has 0 N–H and O–H groups in total. The van der Waals surface area contributed by atoms with Crippen LogP contribution in [-0.4, -0.2) is 0 Å². The fraction of sp³-hybridized carbons (Fsp3) is 0.111. The van der Waals surface area contributed by atoms with E-state index in [4.69, 9.17) is 8.83 Å². The molecule has 0 saturated heterocycles. The summed E-state index contributed by atoms with van der Waals surface area (Å²) in [4.78, 5) is 4.83. The van der Waals surface area contributed by atoms with Crippen LogP contribution in [0.3, 0.4) is 0 Å². The predicted octanol–water partition coefficient (Wildman–Crippen LogP) is 21.3. The van der Waals surface area contributed by atoms with Gasteiger partial charge in [-0.15, -0.1) is 0 Å². The first kappa shape index (κ1) is 45.5. The summed E-state index contributed by atoms with van der Waals surface area (Å²) in [5.41, 5.74) is 16.6. The molecule has 76 heavy (non-hydrogen) atoms. The van der Waals surface area contributed by atoms with Crippen LogP contribution in [0.1, 0.15) is 52.7 Å². The molecule has 0 aliphatic rings. The van der Waals surface area contributed by atoms with Crippen molar-refractivity contribution in [2.24, 2.45) is 0 Å². The van der Waals surface area contributed by atoms with Crippen molar-refractivity contribution in [1.29, 1.82) is 0 Å².